The molecule has 1 amide bonds. The van der Waals surface area contributed by atoms with Crippen LogP contribution in [0.3, 0.4) is 0 Å². The van der Waals surface area contributed by atoms with Gasteiger partial charge in [-0.05, 0) is 36.8 Å². The number of nitrogens with one attached hydrogen (secondary N) is 1. The molecule has 1 saturated heterocycles. The molecule has 1 aromatic heterocycles. The number of nitrogens with zero attached hydrogens (tertiary/aromatic N) is 2. The number of rotatable bonds is 5. The van der Waals surface area contributed by atoms with Crippen LogP contribution in [0.25, 0.3) is 10.2 Å². The van der Waals surface area contributed by atoms with E-state index in [-0.39, 0.29) is 29.3 Å². The van der Waals surface area contributed by atoms with Crippen LogP contribution in [0.5, 0.6) is 5.75 Å². The van der Waals surface area contributed by atoms with Gasteiger partial charge in [0.25, 0.3) is 5.91 Å². The number of carbonyl (C=O) groups is 1. The van der Waals surface area contributed by atoms with Crippen molar-refractivity contribution in [2.24, 2.45) is 0 Å². The van der Waals surface area contributed by atoms with Crippen molar-refractivity contribution >= 4 is 42.6 Å². The average molecular weight is 448 g/mol. The van der Waals surface area contributed by atoms with Crippen LogP contribution < -0.4 is 10.1 Å². The molecule has 4 rings (SSSR count). The molecule has 1 aliphatic heterocycles. The van der Waals surface area contributed by atoms with Gasteiger partial charge in [0.15, 0.2) is 5.13 Å². The third kappa shape index (κ3) is 3.91. The first-order chi connectivity index (χ1) is 14.4. The summed E-state index contributed by atoms with van der Waals surface area (Å²) in [6.45, 7) is 3.14. The lowest BCUT2D eigenvalue weighted by Crippen LogP contribution is -2.40. The summed E-state index contributed by atoms with van der Waals surface area (Å²) in [7, 11) is -2.42. The van der Waals surface area contributed by atoms with E-state index in [1.807, 2.05) is 25.1 Å². The maximum atomic E-state index is 13.1. The summed E-state index contributed by atoms with van der Waals surface area (Å²) in [5.74, 6) is -0.249. The minimum atomic E-state index is -3.82. The minimum Gasteiger partial charge on any atom is -0.495 e. The van der Waals surface area contributed by atoms with Crippen LogP contribution in [0.4, 0.5) is 5.13 Å². The first kappa shape index (κ1) is 20.7. The molecule has 10 heteroatoms. The zero-order valence-electron chi connectivity index (χ0n) is 16.5. The third-order valence-corrected chi connectivity index (χ3v) is 7.71. The number of para-hydroxylation sites is 1. The van der Waals surface area contributed by atoms with Crippen LogP contribution in [0, 0.1) is 6.92 Å². The zero-order chi connectivity index (χ0) is 21.3. The summed E-state index contributed by atoms with van der Waals surface area (Å²) >= 11 is 1.37. The van der Waals surface area contributed by atoms with Gasteiger partial charge in [-0.2, -0.15) is 4.31 Å². The van der Waals surface area contributed by atoms with Crippen molar-refractivity contribution < 1.29 is 22.7 Å². The molecule has 8 nitrogen and oxygen atoms in total. The first-order valence-corrected chi connectivity index (χ1v) is 11.6. The number of methoxy groups -OCH3 is 1. The van der Waals surface area contributed by atoms with Crippen LogP contribution in [0.15, 0.2) is 41.3 Å². The number of aryl methyl sites for hydroxylation is 1. The maximum absolute atomic E-state index is 13.1. The van der Waals surface area contributed by atoms with Crippen LogP contribution in [0.1, 0.15) is 15.9 Å². The van der Waals surface area contributed by atoms with Gasteiger partial charge in [-0.25, -0.2) is 13.4 Å². The molecule has 0 saturated carbocycles. The number of sulfonamides is 1. The number of fused-ring (bicyclic) bond motifs is 1. The Kier molecular flexibility index (Phi) is 5.74. The predicted molar refractivity (Wildman–Crippen MR) is 115 cm³/mol. The SMILES string of the molecule is COc1ccc(C(=O)Nc2nc3c(C)cccc3s2)cc1S(=O)(=O)N1CCOCC1. The van der Waals surface area contributed by atoms with E-state index < -0.39 is 15.9 Å². The number of hydrogen-bond donors (Lipinski definition) is 1. The molecule has 0 bridgehead atoms. The van der Waals surface area contributed by atoms with E-state index in [9.17, 15) is 13.2 Å². The number of aromatic nitrogens is 1. The number of ether oxygens (including phenoxy) is 2. The van der Waals surface area contributed by atoms with Gasteiger partial charge in [0.05, 0.1) is 30.5 Å². The second-order valence-corrected chi connectivity index (χ2v) is 9.71. The van der Waals surface area contributed by atoms with Crippen molar-refractivity contribution in [1.29, 1.82) is 0 Å². The summed E-state index contributed by atoms with van der Waals surface area (Å²) in [6.07, 6.45) is 0. The predicted octanol–water partition coefficient (Wildman–Crippen LogP) is 2.89. The van der Waals surface area contributed by atoms with Crippen molar-refractivity contribution in [1.82, 2.24) is 9.29 Å². The number of hydrogen-bond acceptors (Lipinski definition) is 7. The van der Waals surface area contributed by atoms with Crippen LogP contribution in [-0.4, -0.2) is 57.0 Å². The zero-order valence-corrected chi connectivity index (χ0v) is 18.2. The fourth-order valence-electron chi connectivity index (χ4n) is 3.25. The van der Waals surface area contributed by atoms with E-state index in [4.69, 9.17) is 9.47 Å². The molecule has 1 N–H and O–H groups in total. The van der Waals surface area contributed by atoms with E-state index in [2.05, 4.69) is 10.3 Å². The highest BCUT2D eigenvalue weighted by Gasteiger charge is 2.30. The summed E-state index contributed by atoms with van der Waals surface area (Å²) in [5, 5.41) is 3.23. The Morgan fingerprint density at radius 1 is 1.23 bits per heavy atom. The number of benzene rings is 2. The Labute approximate surface area is 178 Å². The average Bonchev–Trinajstić information content (AvgIpc) is 3.17. The van der Waals surface area contributed by atoms with Gasteiger partial charge in [-0.1, -0.05) is 23.5 Å². The quantitative estimate of drug-likeness (QED) is 0.646. The Morgan fingerprint density at radius 2 is 2.00 bits per heavy atom. The molecule has 0 spiro atoms. The normalized spacial score (nSPS) is 15.3. The molecule has 1 aliphatic rings. The molecule has 0 aliphatic carbocycles. The summed E-state index contributed by atoms with van der Waals surface area (Å²) < 4.78 is 39.0. The Balaban J connectivity index is 1.64. The highest BCUT2D eigenvalue weighted by Crippen LogP contribution is 2.30. The van der Waals surface area contributed by atoms with Gasteiger partial charge in [0.1, 0.15) is 10.6 Å². The standard InChI is InChI=1S/C20H21N3O5S2/c1-13-4-3-5-16-18(13)21-20(29-16)22-19(24)14-6-7-15(27-2)17(12-14)30(25,26)23-8-10-28-11-9-23/h3-7,12H,8-11H2,1-2H3,(H,21,22,24). The molecule has 0 unspecified atom stereocenters. The summed E-state index contributed by atoms with van der Waals surface area (Å²) in [5.41, 5.74) is 2.06. The monoisotopic (exact) mass is 447 g/mol. The van der Waals surface area contributed by atoms with Crippen LogP contribution in [-0.2, 0) is 14.8 Å². The molecular formula is C20H21N3O5S2. The topological polar surface area (TPSA) is 97.8 Å². The molecule has 2 aromatic carbocycles. The first-order valence-electron chi connectivity index (χ1n) is 9.33. The molecule has 158 valence electrons. The van der Waals surface area contributed by atoms with E-state index >= 15 is 0 Å². The van der Waals surface area contributed by atoms with Gasteiger partial charge in [0.2, 0.25) is 10.0 Å². The van der Waals surface area contributed by atoms with Crippen molar-refractivity contribution in [3.8, 4) is 5.75 Å². The third-order valence-electron chi connectivity index (χ3n) is 4.85. The van der Waals surface area contributed by atoms with Gasteiger partial charge in [0, 0.05) is 18.7 Å². The fraction of sp³-hybridized carbons (Fsp3) is 0.300. The van der Waals surface area contributed by atoms with Gasteiger partial charge < -0.3 is 9.47 Å². The molecular weight excluding hydrogens is 426 g/mol. The lowest BCUT2D eigenvalue weighted by molar-refractivity contribution is 0.0729. The lowest BCUT2D eigenvalue weighted by Gasteiger charge is -2.26. The van der Waals surface area contributed by atoms with Crippen LogP contribution in [0.2, 0.25) is 0 Å². The highest BCUT2D eigenvalue weighted by atomic mass is 32.2. The maximum Gasteiger partial charge on any atom is 0.257 e. The van der Waals surface area contributed by atoms with Gasteiger partial charge in [-0.3, -0.25) is 10.1 Å². The Hall–Kier alpha value is -2.53. The van der Waals surface area contributed by atoms with Crippen molar-refractivity contribution in [3.63, 3.8) is 0 Å². The number of thiazole rings is 1. The van der Waals surface area contributed by atoms with E-state index in [0.29, 0.717) is 18.3 Å². The largest absolute Gasteiger partial charge is 0.495 e. The molecule has 0 radical (unpaired) electrons. The van der Waals surface area contributed by atoms with Crippen LogP contribution >= 0.6 is 11.3 Å². The minimum absolute atomic E-state index is 0.0419. The van der Waals surface area contributed by atoms with Gasteiger partial charge in [-0.15, -0.1) is 0 Å². The van der Waals surface area contributed by atoms with E-state index in [1.165, 1.54) is 41.0 Å². The Morgan fingerprint density at radius 3 is 2.70 bits per heavy atom. The molecule has 30 heavy (non-hydrogen) atoms. The fourth-order valence-corrected chi connectivity index (χ4v) is 5.78. The summed E-state index contributed by atoms with van der Waals surface area (Å²) in [6, 6.07) is 10.2. The van der Waals surface area contributed by atoms with E-state index in [0.717, 1.165) is 15.8 Å². The van der Waals surface area contributed by atoms with Crippen molar-refractivity contribution in [2.75, 3.05) is 38.7 Å². The molecule has 3 aromatic rings. The number of morpholine rings is 1. The molecule has 0 atom stereocenters. The number of amides is 1. The lowest BCUT2D eigenvalue weighted by atomic mass is 10.2. The summed E-state index contributed by atoms with van der Waals surface area (Å²) in [4.78, 5) is 17.3. The number of carbonyl (C=O) groups excluding carboxylic acids is 1. The van der Waals surface area contributed by atoms with E-state index in [1.54, 1.807) is 0 Å². The molecule has 2 heterocycles. The van der Waals surface area contributed by atoms with Crippen molar-refractivity contribution in [2.45, 2.75) is 11.8 Å². The molecule has 1 fully saturated rings. The van der Waals surface area contributed by atoms with Crippen molar-refractivity contribution in [3.05, 3.63) is 47.5 Å². The second-order valence-electron chi connectivity index (χ2n) is 6.78. The second kappa shape index (κ2) is 8.31. The Bertz CT molecular complexity index is 1200. The highest BCUT2D eigenvalue weighted by molar-refractivity contribution is 7.89. The van der Waals surface area contributed by atoms with Gasteiger partial charge >= 0.3 is 0 Å². The smallest absolute Gasteiger partial charge is 0.257 e. The number of anilines is 1.